The zero-order valence-corrected chi connectivity index (χ0v) is 16.0. The topological polar surface area (TPSA) is 47.4 Å². The highest BCUT2D eigenvalue weighted by Crippen LogP contribution is 2.30. The minimum Gasteiger partial charge on any atom is -0.490 e. The van der Waals surface area contributed by atoms with E-state index in [0.717, 1.165) is 23.4 Å². The van der Waals surface area contributed by atoms with Crippen molar-refractivity contribution in [2.75, 3.05) is 7.05 Å². The predicted molar refractivity (Wildman–Crippen MR) is 105 cm³/mol. The molecule has 4 rings (SSSR count). The van der Waals surface area contributed by atoms with Crippen molar-refractivity contribution in [2.24, 2.45) is 0 Å². The fourth-order valence-electron chi connectivity index (χ4n) is 3.37. The van der Waals surface area contributed by atoms with Gasteiger partial charge >= 0.3 is 0 Å². The monoisotopic (exact) mass is 381 g/mol. The first kappa shape index (κ1) is 17.6. The minimum atomic E-state index is -0.126. The normalized spacial score (nSPS) is 15.3. The number of carbonyl (C=O) groups excluding carboxylic acids is 1. The SMILES string of the molecule is C[C@@H]1Cc2cc(CN(C)C(=O)c3cc(-n4cccn4)ccc3Cl)ccc2O1. The van der Waals surface area contributed by atoms with Crippen LogP contribution >= 0.6 is 11.6 Å². The van der Waals surface area contributed by atoms with E-state index in [1.165, 1.54) is 5.56 Å². The molecular formula is C21H20ClN3O2. The number of rotatable bonds is 4. The van der Waals surface area contributed by atoms with Gasteiger partial charge in [-0.1, -0.05) is 23.7 Å². The van der Waals surface area contributed by atoms with Gasteiger partial charge in [-0.15, -0.1) is 0 Å². The molecule has 0 N–H and O–H groups in total. The molecule has 2 aromatic carbocycles. The Morgan fingerprint density at radius 3 is 2.96 bits per heavy atom. The molecular weight excluding hydrogens is 362 g/mol. The summed E-state index contributed by atoms with van der Waals surface area (Å²) in [5.74, 6) is 0.814. The molecule has 0 spiro atoms. The summed E-state index contributed by atoms with van der Waals surface area (Å²) in [5, 5.41) is 4.63. The Morgan fingerprint density at radius 1 is 1.33 bits per heavy atom. The highest BCUT2D eigenvalue weighted by atomic mass is 35.5. The molecule has 6 heteroatoms. The van der Waals surface area contributed by atoms with Crippen molar-refractivity contribution in [3.8, 4) is 11.4 Å². The lowest BCUT2D eigenvalue weighted by Gasteiger charge is -2.19. The summed E-state index contributed by atoms with van der Waals surface area (Å²) in [7, 11) is 1.78. The van der Waals surface area contributed by atoms with E-state index in [4.69, 9.17) is 16.3 Å². The lowest BCUT2D eigenvalue weighted by atomic mass is 10.1. The average molecular weight is 382 g/mol. The van der Waals surface area contributed by atoms with E-state index >= 15 is 0 Å². The standard InChI is InChI=1S/C21H20ClN3O2/c1-14-10-16-11-15(4-7-20(16)27-14)13-24(2)21(26)18-12-17(5-6-19(18)22)25-9-3-8-23-25/h3-9,11-12,14H,10,13H2,1-2H3/t14-/m1/s1. The van der Waals surface area contributed by atoms with E-state index in [1.807, 2.05) is 30.5 Å². The van der Waals surface area contributed by atoms with E-state index in [2.05, 4.69) is 18.1 Å². The molecule has 1 aliphatic heterocycles. The Labute approximate surface area is 163 Å². The van der Waals surface area contributed by atoms with Crippen molar-refractivity contribution in [3.05, 3.63) is 76.6 Å². The van der Waals surface area contributed by atoms with Gasteiger partial charge in [0.25, 0.3) is 5.91 Å². The van der Waals surface area contributed by atoms with Gasteiger partial charge in [0.15, 0.2) is 0 Å². The smallest absolute Gasteiger partial charge is 0.255 e. The molecule has 0 saturated heterocycles. The number of hydrogen-bond acceptors (Lipinski definition) is 3. The number of amides is 1. The third-order valence-corrected chi connectivity index (χ3v) is 5.01. The van der Waals surface area contributed by atoms with Crippen LogP contribution in [-0.4, -0.2) is 33.7 Å². The molecule has 5 nitrogen and oxygen atoms in total. The van der Waals surface area contributed by atoms with Crippen molar-refractivity contribution < 1.29 is 9.53 Å². The van der Waals surface area contributed by atoms with Crippen molar-refractivity contribution in [2.45, 2.75) is 26.0 Å². The van der Waals surface area contributed by atoms with Crippen molar-refractivity contribution in [1.29, 1.82) is 0 Å². The van der Waals surface area contributed by atoms with E-state index in [0.29, 0.717) is 17.1 Å². The third kappa shape index (κ3) is 3.55. The number of carbonyl (C=O) groups is 1. The van der Waals surface area contributed by atoms with Crippen LogP contribution in [-0.2, 0) is 13.0 Å². The van der Waals surface area contributed by atoms with Gasteiger partial charge in [-0.2, -0.15) is 5.10 Å². The van der Waals surface area contributed by atoms with Crippen molar-refractivity contribution in [3.63, 3.8) is 0 Å². The van der Waals surface area contributed by atoms with Gasteiger partial charge in [-0.25, -0.2) is 4.68 Å². The van der Waals surface area contributed by atoms with Crippen LogP contribution in [0.2, 0.25) is 5.02 Å². The van der Waals surface area contributed by atoms with Crippen LogP contribution in [0.4, 0.5) is 0 Å². The maximum absolute atomic E-state index is 13.0. The molecule has 1 aliphatic rings. The molecule has 0 bridgehead atoms. The van der Waals surface area contributed by atoms with Gasteiger partial charge < -0.3 is 9.64 Å². The Balaban J connectivity index is 1.54. The molecule has 3 aromatic rings. The van der Waals surface area contributed by atoms with Gasteiger partial charge in [-0.05, 0) is 48.4 Å². The molecule has 0 saturated carbocycles. The van der Waals surface area contributed by atoms with E-state index < -0.39 is 0 Å². The Morgan fingerprint density at radius 2 is 2.19 bits per heavy atom. The Bertz CT molecular complexity index is 985. The fraction of sp³-hybridized carbons (Fsp3) is 0.238. The fourth-order valence-corrected chi connectivity index (χ4v) is 3.56. The lowest BCUT2D eigenvalue weighted by molar-refractivity contribution is 0.0785. The highest BCUT2D eigenvalue weighted by molar-refractivity contribution is 6.33. The minimum absolute atomic E-state index is 0.126. The first-order valence-corrected chi connectivity index (χ1v) is 9.22. The van der Waals surface area contributed by atoms with Gasteiger partial charge in [0.1, 0.15) is 11.9 Å². The molecule has 0 aliphatic carbocycles. The highest BCUT2D eigenvalue weighted by Gasteiger charge is 2.21. The second-order valence-electron chi connectivity index (χ2n) is 6.85. The van der Waals surface area contributed by atoms with Gasteiger partial charge in [0.05, 0.1) is 16.3 Å². The number of fused-ring (bicyclic) bond motifs is 1. The Kier molecular flexibility index (Phi) is 4.62. The number of aromatic nitrogens is 2. The maximum Gasteiger partial charge on any atom is 0.255 e. The molecule has 0 radical (unpaired) electrons. The van der Waals surface area contributed by atoms with E-state index in [1.54, 1.807) is 35.0 Å². The lowest BCUT2D eigenvalue weighted by Crippen LogP contribution is -2.26. The molecule has 1 aromatic heterocycles. The molecule has 0 fully saturated rings. The second-order valence-corrected chi connectivity index (χ2v) is 7.26. The van der Waals surface area contributed by atoms with Gasteiger partial charge in [0.2, 0.25) is 0 Å². The summed E-state index contributed by atoms with van der Waals surface area (Å²) in [5.41, 5.74) is 3.52. The number of ether oxygens (including phenoxy) is 1. The third-order valence-electron chi connectivity index (χ3n) is 4.68. The quantitative estimate of drug-likeness (QED) is 0.683. The van der Waals surface area contributed by atoms with Crippen LogP contribution < -0.4 is 4.74 Å². The van der Waals surface area contributed by atoms with Crippen LogP contribution in [0.15, 0.2) is 54.9 Å². The van der Waals surface area contributed by atoms with E-state index in [9.17, 15) is 4.79 Å². The van der Waals surface area contributed by atoms with E-state index in [-0.39, 0.29) is 12.0 Å². The summed E-state index contributed by atoms with van der Waals surface area (Å²) >= 11 is 6.30. The van der Waals surface area contributed by atoms with Crippen molar-refractivity contribution >= 4 is 17.5 Å². The van der Waals surface area contributed by atoms with Crippen LogP contribution in [0.5, 0.6) is 5.75 Å². The number of nitrogens with zero attached hydrogens (tertiary/aromatic N) is 3. The van der Waals surface area contributed by atoms with Crippen LogP contribution in [0.3, 0.4) is 0 Å². The van der Waals surface area contributed by atoms with Gasteiger partial charge in [-0.3, -0.25) is 4.79 Å². The zero-order valence-electron chi connectivity index (χ0n) is 15.2. The largest absolute Gasteiger partial charge is 0.490 e. The summed E-state index contributed by atoms with van der Waals surface area (Å²) in [6.07, 6.45) is 4.63. The summed E-state index contributed by atoms with van der Waals surface area (Å²) in [6, 6.07) is 13.3. The summed E-state index contributed by atoms with van der Waals surface area (Å²) in [6.45, 7) is 2.56. The van der Waals surface area contributed by atoms with Gasteiger partial charge in [0, 0.05) is 32.4 Å². The van der Waals surface area contributed by atoms with Crippen LogP contribution in [0, 0.1) is 0 Å². The summed E-state index contributed by atoms with van der Waals surface area (Å²) in [4.78, 5) is 14.6. The molecule has 0 unspecified atom stereocenters. The first-order chi connectivity index (χ1) is 13.0. The molecule has 138 valence electrons. The number of benzene rings is 2. The number of hydrogen-bond donors (Lipinski definition) is 0. The number of halogens is 1. The first-order valence-electron chi connectivity index (χ1n) is 8.85. The maximum atomic E-state index is 13.0. The predicted octanol–water partition coefficient (Wildman–Crippen LogP) is 4.12. The molecule has 1 atom stereocenters. The summed E-state index contributed by atoms with van der Waals surface area (Å²) < 4.78 is 7.44. The second kappa shape index (κ2) is 7.08. The van der Waals surface area contributed by atoms with Crippen LogP contribution in [0.1, 0.15) is 28.4 Å². The molecule has 1 amide bonds. The molecule has 2 heterocycles. The Hall–Kier alpha value is -2.79. The molecule has 27 heavy (non-hydrogen) atoms. The zero-order chi connectivity index (χ0) is 19.0. The average Bonchev–Trinajstić information content (AvgIpc) is 3.30. The van der Waals surface area contributed by atoms with Crippen molar-refractivity contribution in [1.82, 2.24) is 14.7 Å². The van der Waals surface area contributed by atoms with Crippen LogP contribution in [0.25, 0.3) is 5.69 Å².